The summed E-state index contributed by atoms with van der Waals surface area (Å²) in [5, 5.41) is 12.9. The van der Waals surface area contributed by atoms with Crippen molar-refractivity contribution >= 4 is 11.6 Å². The maximum Gasteiger partial charge on any atom is 0.231 e. The Morgan fingerprint density at radius 2 is 2.06 bits per heavy atom. The Morgan fingerprint density at radius 1 is 1.41 bits per heavy atom. The summed E-state index contributed by atoms with van der Waals surface area (Å²) >= 11 is 0. The fraction of sp³-hybridized carbons (Fsp3) is 0.500. The van der Waals surface area contributed by atoms with Crippen molar-refractivity contribution in [1.29, 1.82) is 0 Å². The van der Waals surface area contributed by atoms with E-state index in [2.05, 4.69) is 5.32 Å². The van der Waals surface area contributed by atoms with Gasteiger partial charge in [-0.15, -0.1) is 0 Å². The van der Waals surface area contributed by atoms with Crippen LogP contribution in [0.2, 0.25) is 0 Å². The van der Waals surface area contributed by atoms with E-state index in [1.54, 1.807) is 0 Å². The van der Waals surface area contributed by atoms with E-state index in [4.69, 9.17) is 0 Å². The van der Waals surface area contributed by atoms with Gasteiger partial charge in [-0.2, -0.15) is 0 Å². The Balaban J connectivity index is 2.61. The Hall–Kier alpha value is -1.35. The van der Waals surface area contributed by atoms with Gasteiger partial charge in [0.2, 0.25) is 5.91 Å². The molecule has 0 spiro atoms. The van der Waals surface area contributed by atoms with Crippen molar-refractivity contribution in [1.82, 2.24) is 0 Å². The smallest absolute Gasteiger partial charge is 0.231 e. The lowest BCUT2D eigenvalue weighted by molar-refractivity contribution is -0.116. The summed E-state index contributed by atoms with van der Waals surface area (Å²) < 4.78 is 0. The van der Waals surface area contributed by atoms with Crippen LogP contribution < -0.4 is 5.32 Å². The Morgan fingerprint density at radius 3 is 2.65 bits per heavy atom. The summed E-state index contributed by atoms with van der Waals surface area (Å²) in [5.41, 5.74) is 5.05. The molecule has 1 aliphatic heterocycles. The molecule has 0 saturated carbocycles. The first-order valence-corrected chi connectivity index (χ1v) is 6.10. The highest BCUT2D eigenvalue weighted by Crippen LogP contribution is 2.39. The predicted octanol–water partition coefficient (Wildman–Crippen LogP) is 2.80. The molecule has 1 aromatic carbocycles. The average Bonchev–Trinajstić information content (AvgIpc) is 2.60. The zero-order chi connectivity index (χ0) is 12.7. The van der Waals surface area contributed by atoms with Gasteiger partial charge in [-0.25, -0.2) is 0 Å². The zero-order valence-corrected chi connectivity index (χ0v) is 10.8. The van der Waals surface area contributed by atoms with Gasteiger partial charge in [-0.1, -0.05) is 13.0 Å². The third-order valence-corrected chi connectivity index (χ3v) is 3.82. The number of fused-ring (bicyclic) bond motifs is 1. The van der Waals surface area contributed by atoms with Crippen LogP contribution in [0.3, 0.4) is 0 Å². The first-order chi connectivity index (χ1) is 7.97. The first-order valence-electron chi connectivity index (χ1n) is 6.10. The second kappa shape index (κ2) is 4.15. The second-order valence-corrected chi connectivity index (χ2v) is 4.82. The zero-order valence-electron chi connectivity index (χ0n) is 10.8. The van der Waals surface area contributed by atoms with Gasteiger partial charge in [-0.3, -0.25) is 4.79 Å². The van der Waals surface area contributed by atoms with Crippen LogP contribution in [0.5, 0.6) is 0 Å². The van der Waals surface area contributed by atoms with Crippen LogP contribution in [-0.2, 0) is 4.79 Å². The van der Waals surface area contributed by atoms with Crippen LogP contribution in [0.25, 0.3) is 0 Å². The minimum atomic E-state index is -0.443. The summed E-state index contributed by atoms with van der Waals surface area (Å²) in [4.78, 5) is 11.7. The number of benzene rings is 1. The average molecular weight is 233 g/mol. The molecule has 17 heavy (non-hydrogen) atoms. The number of rotatable bonds is 2. The highest BCUT2D eigenvalue weighted by Gasteiger charge is 2.30. The molecule has 0 fully saturated rings. The highest BCUT2D eigenvalue weighted by atomic mass is 16.3. The Kier molecular flexibility index (Phi) is 2.96. The van der Waals surface area contributed by atoms with Crippen molar-refractivity contribution in [2.75, 3.05) is 5.32 Å². The number of anilines is 1. The van der Waals surface area contributed by atoms with Gasteiger partial charge >= 0.3 is 0 Å². The minimum Gasteiger partial charge on any atom is -0.388 e. The fourth-order valence-corrected chi connectivity index (χ4v) is 2.41. The quantitative estimate of drug-likeness (QED) is 0.825. The summed E-state index contributed by atoms with van der Waals surface area (Å²) in [6.45, 7) is 7.86. The van der Waals surface area contributed by atoms with E-state index in [0.717, 1.165) is 27.9 Å². The SMILES string of the molecule is CCC(O)c1cc2c(c(C)c1C)NC(=O)C2C. The van der Waals surface area contributed by atoms with Crippen LogP contribution in [-0.4, -0.2) is 11.0 Å². The highest BCUT2D eigenvalue weighted by molar-refractivity contribution is 6.03. The molecule has 2 unspecified atom stereocenters. The molecule has 92 valence electrons. The van der Waals surface area contributed by atoms with Crippen LogP contribution in [0.15, 0.2) is 6.07 Å². The minimum absolute atomic E-state index is 0.0469. The van der Waals surface area contributed by atoms with Crippen molar-refractivity contribution in [3.8, 4) is 0 Å². The molecule has 0 aromatic heterocycles. The number of aliphatic hydroxyl groups excluding tert-OH is 1. The monoisotopic (exact) mass is 233 g/mol. The standard InChI is InChI=1S/C14H19NO2/c1-5-12(16)10-6-11-9(4)14(17)15-13(11)8(3)7(10)2/h6,9,12,16H,5H2,1-4H3,(H,15,17). The van der Waals surface area contributed by atoms with Gasteiger partial charge < -0.3 is 10.4 Å². The maximum absolute atomic E-state index is 11.7. The van der Waals surface area contributed by atoms with E-state index in [1.807, 2.05) is 33.8 Å². The van der Waals surface area contributed by atoms with Gasteiger partial charge in [0.25, 0.3) is 0 Å². The number of carbonyl (C=O) groups excluding carboxylic acids is 1. The molecule has 0 bridgehead atoms. The topological polar surface area (TPSA) is 49.3 Å². The predicted molar refractivity (Wildman–Crippen MR) is 68.2 cm³/mol. The number of hydrogen-bond donors (Lipinski definition) is 2. The Labute approximate surface area is 102 Å². The van der Waals surface area contributed by atoms with Crippen LogP contribution in [0.4, 0.5) is 5.69 Å². The molecule has 3 heteroatoms. The van der Waals surface area contributed by atoms with Crippen LogP contribution in [0, 0.1) is 13.8 Å². The lowest BCUT2D eigenvalue weighted by Gasteiger charge is -2.17. The molecule has 2 rings (SSSR count). The second-order valence-electron chi connectivity index (χ2n) is 4.82. The van der Waals surface area contributed by atoms with Crippen molar-refractivity contribution in [3.05, 3.63) is 28.3 Å². The number of aliphatic hydroxyl groups is 1. The number of amides is 1. The lowest BCUT2D eigenvalue weighted by Crippen LogP contribution is -2.08. The summed E-state index contributed by atoms with van der Waals surface area (Å²) in [6.07, 6.45) is 0.247. The van der Waals surface area contributed by atoms with E-state index >= 15 is 0 Å². The van der Waals surface area contributed by atoms with E-state index in [0.29, 0.717) is 6.42 Å². The number of carbonyl (C=O) groups is 1. The molecular weight excluding hydrogens is 214 g/mol. The van der Waals surface area contributed by atoms with Gasteiger partial charge in [0.1, 0.15) is 0 Å². The Bertz CT molecular complexity index is 480. The van der Waals surface area contributed by atoms with Gasteiger partial charge in [0.15, 0.2) is 0 Å². The molecule has 1 aromatic rings. The van der Waals surface area contributed by atoms with E-state index in [-0.39, 0.29) is 11.8 Å². The van der Waals surface area contributed by atoms with Crippen LogP contribution >= 0.6 is 0 Å². The molecule has 1 aliphatic rings. The molecule has 0 aliphatic carbocycles. The van der Waals surface area contributed by atoms with Gasteiger partial charge in [0, 0.05) is 5.69 Å². The summed E-state index contributed by atoms with van der Waals surface area (Å²) in [6, 6.07) is 1.98. The maximum atomic E-state index is 11.7. The van der Waals surface area contributed by atoms with Crippen molar-refractivity contribution < 1.29 is 9.90 Å². The number of nitrogens with one attached hydrogen (secondary N) is 1. The molecule has 2 atom stereocenters. The molecule has 0 radical (unpaired) electrons. The molecule has 0 saturated heterocycles. The van der Waals surface area contributed by atoms with E-state index < -0.39 is 6.10 Å². The molecule has 1 amide bonds. The third-order valence-electron chi connectivity index (χ3n) is 3.82. The molecule has 3 nitrogen and oxygen atoms in total. The van der Waals surface area contributed by atoms with Crippen LogP contribution in [0.1, 0.15) is 54.5 Å². The molecule has 1 heterocycles. The normalized spacial score (nSPS) is 20.1. The third kappa shape index (κ3) is 1.75. The largest absolute Gasteiger partial charge is 0.388 e. The van der Waals surface area contributed by atoms with E-state index in [1.165, 1.54) is 0 Å². The van der Waals surface area contributed by atoms with Gasteiger partial charge in [-0.05, 0) is 49.4 Å². The summed E-state index contributed by atoms with van der Waals surface area (Å²) in [7, 11) is 0. The molecule has 2 N–H and O–H groups in total. The number of hydrogen-bond acceptors (Lipinski definition) is 2. The van der Waals surface area contributed by atoms with E-state index in [9.17, 15) is 9.90 Å². The van der Waals surface area contributed by atoms with Gasteiger partial charge in [0.05, 0.1) is 12.0 Å². The first kappa shape index (κ1) is 12.1. The van der Waals surface area contributed by atoms with Crippen molar-refractivity contribution in [2.24, 2.45) is 0 Å². The van der Waals surface area contributed by atoms with Crippen molar-refractivity contribution in [3.63, 3.8) is 0 Å². The summed E-state index contributed by atoms with van der Waals surface area (Å²) in [5.74, 6) is -0.0715. The molecular formula is C14H19NO2. The fourth-order valence-electron chi connectivity index (χ4n) is 2.41. The lowest BCUT2D eigenvalue weighted by atomic mass is 9.90. The van der Waals surface area contributed by atoms with Crippen molar-refractivity contribution in [2.45, 2.75) is 46.1 Å².